The summed E-state index contributed by atoms with van der Waals surface area (Å²) in [5, 5.41) is 12.7. The predicted octanol–water partition coefficient (Wildman–Crippen LogP) is 6.24. The number of benzene rings is 3. The van der Waals surface area contributed by atoms with Crippen molar-refractivity contribution in [1.29, 1.82) is 5.26 Å². The van der Waals surface area contributed by atoms with Crippen LogP contribution in [0.3, 0.4) is 0 Å². The number of ether oxygens (including phenoxy) is 2. The average Bonchev–Trinajstić information content (AvgIpc) is 3.40. The highest BCUT2D eigenvalue weighted by Crippen LogP contribution is 2.45. The number of rotatable bonds is 2. The maximum absolute atomic E-state index is 10.3. The first kappa shape index (κ1) is 21.6. The van der Waals surface area contributed by atoms with Gasteiger partial charge in [-0.05, 0) is 64.4 Å². The third-order valence-corrected chi connectivity index (χ3v) is 7.80. The van der Waals surface area contributed by atoms with E-state index < -0.39 is 5.79 Å². The Morgan fingerprint density at radius 2 is 1.65 bits per heavy atom. The van der Waals surface area contributed by atoms with Crippen LogP contribution in [0.5, 0.6) is 0 Å². The van der Waals surface area contributed by atoms with Crippen LogP contribution in [0.1, 0.15) is 49.8 Å². The number of hydrogen-bond donors (Lipinski definition) is 0. The molecule has 0 atom stereocenters. The Labute approximate surface area is 202 Å². The van der Waals surface area contributed by atoms with Gasteiger partial charge >= 0.3 is 0 Å². The molecule has 0 radical (unpaired) electrons. The molecule has 3 aromatic rings. The molecule has 0 bridgehead atoms. The summed E-state index contributed by atoms with van der Waals surface area (Å²) in [7, 11) is 0. The van der Waals surface area contributed by atoms with E-state index in [0.717, 1.165) is 37.2 Å². The molecule has 0 unspecified atom stereocenters. The van der Waals surface area contributed by atoms with E-state index in [1.54, 1.807) is 0 Å². The fraction of sp³-hybridized carbons (Fsp3) is 0.433. The van der Waals surface area contributed by atoms with Crippen molar-refractivity contribution in [2.45, 2.75) is 51.7 Å². The van der Waals surface area contributed by atoms with Crippen molar-refractivity contribution in [1.82, 2.24) is 0 Å². The van der Waals surface area contributed by atoms with E-state index in [4.69, 9.17) is 9.47 Å². The van der Waals surface area contributed by atoms with Crippen LogP contribution in [0.2, 0.25) is 0 Å². The summed E-state index contributed by atoms with van der Waals surface area (Å²) in [6.07, 6.45) is 4.67. The smallest absolute Gasteiger partial charge is 0.172 e. The van der Waals surface area contributed by atoms with Crippen molar-refractivity contribution in [3.63, 3.8) is 0 Å². The molecule has 1 spiro atoms. The molecule has 3 aromatic carbocycles. The Balaban J connectivity index is 1.52. The van der Waals surface area contributed by atoms with Crippen molar-refractivity contribution in [2.75, 3.05) is 31.2 Å². The van der Waals surface area contributed by atoms with Crippen molar-refractivity contribution >= 4 is 16.5 Å². The van der Waals surface area contributed by atoms with Gasteiger partial charge in [0.15, 0.2) is 5.79 Å². The first-order chi connectivity index (χ1) is 16.5. The van der Waals surface area contributed by atoms with Crippen LogP contribution in [0.25, 0.3) is 21.9 Å². The summed E-state index contributed by atoms with van der Waals surface area (Å²) in [4.78, 5) is 2.41. The van der Waals surface area contributed by atoms with E-state index in [0.29, 0.717) is 19.6 Å². The molecule has 3 aliphatic rings. The zero-order valence-corrected chi connectivity index (χ0v) is 20.2. The molecule has 2 fully saturated rings. The molecule has 34 heavy (non-hydrogen) atoms. The van der Waals surface area contributed by atoms with Crippen molar-refractivity contribution in [2.24, 2.45) is 5.41 Å². The average molecular weight is 453 g/mol. The monoisotopic (exact) mass is 452 g/mol. The van der Waals surface area contributed by atoms with Gasteiger partial charge < -0.3 is 14.4 Å². The van der Waals surface area contributed by atoms with Gasteiger partial charge in [0.1, 0.15) is 6.07 Å². The molecule has 0 amide bonds. The van der Waals surface area contributed by atoms with Gasteiger partial charge in [-0.15, -0.1) is 0 Å². The summed E-state index contributed by atoms with van der Waals surface area (Å²) < 4.78 is 12.9. The molecule has 4 nitrogen and oxygen atoms in total. The maximum atomic E-state index is 10.3. The molecule has 4 heteroatoms. The molecule has 2 heterocycles. The standard InChI is InChI=1S/C30H32N2O2/c1-29(2)19-33-30(34-20-29)12-11-24-26(17-30)25(16-28(27(24)18-31)32-13-5-6-14-32)23-10-9-21-7-3-4-8-22(21)15-23/h3-4,7-10,15-16H,5-6,11-14,17,19-20H2,1-2H3. The molecule has 0 saturated carbocycles. The van der Waals surface area contributed by atoms with Crippen LogP contribution < -0.4 is 4.90 Å². The zero-order chi connectivity index (χ0) is 23.3. The Bertz CT molecular complexity index is 1290. The van der Waals surface area contributed by atoms with Gasteiger partial charge in [-0.3, -0.25) is 0 Å². The van der Waals surface area contributed by atoms with Crippen molar-refractivity contribution < 1.29 is 9.47 Å². The number of hydrogen-bond acceptors (Lipinski definition) is 4. The first-order valence-corrected chi connectivity index (χ1v) is 12.6. The summed E-state index contributed by atoms with van der Waals surface area (Å²) >= 11 is 0. The number of nitriles is 1. The van der Waals surface area contributed by atoms with E-state index in [2.05, 4.69) is 73.3 Å². The number of fused-ring (bicyclic) bond motifs is 2. The number of anilines is 1. The second kappa shape index (κ2) is 8.12. The minimum absolute atomic E-state index is 0.0319. The fourth-order valence-corrected chi connectivity index (χ4v) is 5.85. The normalized spacial score (nSPS) is 20.9. The van der Waals surface area contributed by atoms with Gasteiger partial charge in [0, 0.05) is 31.3 Å². The summed E-state index contributed by atoms with van der Waals surface area (Å²) in [6.45, 7) is 7.82. The maximum Gasteiger partial charge on any atom is 0.172 e. The van der Waals surface area contributed by atoms with E-state index in [1.165, 1.54) is 45.9 Å². The Morgan fingerprint density at radius 1 is 0.912 bits per heavy atom. The van der Waals surface area contributed by atoms with Crippen LogP contribution in [0, 0.1) is 16.7 Å². The quantitative estimate of drug-likeness (QED) is 0.462. The molecule has 1 aliphatic carbocycles. The SMILES string of the molecule is CC1(C)COC2(CCc3c(C#N)c(N4CCCC4)cc(-c4ccc5ccccc5c4)c3C2)OC1. The predicted molar refractivity (Wildman–Crippen MR) is 136 cm³/mol. The molecular formula is C30H32N2O2. The topological polar surface area (TPSA) is 45.5 Å². The van der Waals surface area contributed by atoms with Crippen LogP contribution in [0.4, 0.5) is 5.69 Å². The second-order valence-electron chi connectivity index (χ2n) is 11.0. The van der Waals surface area contributed by atoms with Gasteiger partial charge in [0.05, 0.1) is 24.5 Å². The van der Waals surface area contributed by atoms with Gasteiger partial charge in [-0.2, -0.15) is 5.26 Å². The van der Waals surface area contributed by atoms with E-state index >= 15 is 0 Å². The summed E-state index contributed by atoms with van der Waals surface area (Å²) in [5.41, 5.74) is 6.82. The van der Waals surface area contributed by atoms with Gasteiger partial charge in [-0.25, -0.2) is 0 Å². The molecule has 2 saturated heterocycles. The highest BCUT2D eigenvalue weighted by atomic mass is 16.7. The third kappa shape index (κ3) is 3.68. The lowest BCUT2D eigenvalue weighted by Crippen LogP contribution is -2.50. The molecule has 6 rings (SSSR count). The lowest BCUT2D eigenvalue weighted by Gasteiger charge is -2.46. The number of nitrogens with zero attached hydrogens (tertiary/aromatic N) is 2. The lowest BCUT2D eigenvalue weighted by molar-refractivity contribution is -0.302. The first-order valence-electron chi connectivity index (χ1n) is 12.6. The summed E-state index contributed by atoms with van der Waals surface area (Å²) in [6, 6.07) is 20.1. The molecular weight excluding hydrogens is 420 g/mol. The highest BCUT2D eigenvalue weighted by Gasteiger charge is 2.44. The largest absolute Gasteiger partial charge is 0.370 e. The fourth-order valence-electron chi connectivity index (χ4n) is 5.85. The van der Waals surface area contributed by atoms with Crippen LogP contribution in [-0.4, -0.2) is 32.1 Å². The molecule has 174 valence electrons. The highest BCUT2D eigenvalue weighted by molar-refractivity contribution is 5.89. The van der Waals surface area contributed by atoms with Crippen LogP contribution in [-0.2, 0) is 22.3 Å². The van der Waals surface area contributed by atoms with Crippen LogP contribution in [0.15, 0.2) is 48.5 Å². The Morgan fingerprint density at radius 3 is 2.38 bits per heavy atom. The van der Waals surface area contributed by atoms with Crippen molar-refractivity contribution in [3.05, 3.63) is 65.2 Å². The summed E-state index contributed by atoms with van der Waals surface area (Å²) in [5.74, 6) is -0.587. The second-order valence-corrected chi connectivity index (χ2v) is 11.0. The van der Waals surface area contributed by atoms with Gasteiger partial charge in [-0.1, -0.05) is 50.2 Å². The van der Waals surface area contributed by atoms with E-state index in [9.17, 15) is 5.26 Å². The van der Waals surface area contributed by atoms with E-state index in [-0.39, 0.29) is 5.41 Å². The minimum atomic E-state index is -0.587. The Hall–Kier alpha value is -2.87. The lowest BCUT2D eigenvalue weighted by atomic mass is 9.78. The van der Waals surface area contributed by atoms with Crippen LogP contribution >= 0.6 is 0 Å². The van der Waals surface area contributed by atoms with Gasteiger partial charge in [0.2, 0.25) is 0 Å². The molecule has 2 aliphatic heterocycles. The molecule has 0 N–H and O–H groups in total. The molecule has 0 aromatic heterocycles. The van der Waals surface area contributed by atoms with Gasteiger partial charge in [0.25, 0.3) is 0 Å². The van der Waals surface area contributed by atoms with E-state index in [1.807, 2.05) is 0 Å². The Kier molecular flexibility index (Phi) is 5.17. The zero-order valence-electron chi connectivity index (χ0n) is 20.2. The van der Waals surface area contributed by atoms with Crippen molar-refractivity contribution in [3.8, 4) is 17.2 Å². The third-order valence-electron chi connectivity index (χ3n) is 7.80. The minimum Gasteiger partial charge on any atom is -0.370 e.